The zero-order valence-electron chi connectivity index (χ0n) is 10.9. The summed E-state index contributed by atoms with van der Waals surface area (Å²) in [6.07, 6.45) is 3.54. The number of ether oxygens (including phenoxy) is 1. The maximum Gasteiger partial charge on any atom is 0.410 e. The molecular formula is C13H22BrNO2. The Kier molecular flexibility index (Phi) is 3.71. The standard InChI is InChI=1S/C13H22BrNO2/c1-13(2,3)17-12(16)15-8-9-4-5-11(15)10(6-9)7-14/h9-11H,4-8H2,1-3H3. The van der Waals surface area contributed by atoms with Crippen molar-refractivity contribution in [3.63, 3.8) is 0 Å². The minimum absolute atomic E-state index is 0.127. The van der Waals surface area contributed by atoms with Crippen molar-refractivity contribution >= 4 is 22.0 Å². The lowest BCUT2D eigenvalue weighted by Crippen LogP contribution is -2.56. The third kappa shape index (κ3) is 2.95. The number of piperidine rings is 2. The molecule has 3 aliphatic rings. The van der Waals surface area contributed by atoms with Gasteiger partial charge in [0.15, 0.2) is 0 Å². The average Bonchev–Trinajstić information content (AvgIpc) is 2.27. The molecule has 2 heterocycles. The fourth-order valence-corrected chi connectivity index (χ4v) is 3.73. The minimum Gasteiger partial charge on any atom is -0.444 e. The van der Waals surface area contributed by atoms with Gasteiger partial charge in [-0.25, -0.2) is 4.79 Å². The molecule has 1 aliphatic carbocycles. The van der Waals surface area contributed by atoms with Crippen molar-refractivity contribution in [2.24, 2.45) is 11.8 Å². The Morgan fingerprint density at radius 2 is 2.12 bits per heavy atom. The Hall–Kier alpha value is -0.250. The third-order valence-corrected chi connectivity index (χ3v) is 4.56. The predicted molar refractivity (Wildman–Crippen MR) is 71.4 cm³/mol. The first kappa shape index (κ1) is 13.2. The summed E-state index contributed by atoms with van der Waals surface area (Å²) in [5.41, 5.74) is -0.391. The van der Waals surface area contributed by atoms with E-state index in [1.54, 1.807) is 0 Å². The Bertz CT molecular complexity index is 300. The Morgan fingerprint density at radius 3 is 2.65 bits per heavy atom. The van der Waals surface area contributed by atoms with Crippen LogP contribution in [-0.2, 0) is 4.74 Å². The molecule has 3 fully saturated rings. The summed E-state index contributed by atoms with van der Waals surface area (Å²) in [4.78, 5) is 14.1. The number of hydrogen-bond donors (Lipinski definition) is 0. The summed E-state index contributed by atoms with van der Waals surface area (Å²) in [5, 5.41) is 0.994. The van der Waals surface area contributed by atoms with Crippen LogP contribution in [0.3, 0.4) is 0 Å². The summed E-state index contributed by atoms with van der Waals surface area (Å²) in [6, 6.07) is 0.384. The van der Waals surface area contributed by atoms with Gasteiger partial charge in [0, 0.05) is 17.9 Å². The molecule has 2 saturated heterocycles. The number of rotatable bonds is 1. The Morgan fingerprint density at radius 1 is 1.41 bits per heavy atom. The SMILES string of the molecule is CC(C)(C)OC(=O)N1CC2CCC1C(CBr)C2. The van der Waals surface area contributed by atoms with Crippen molar-refractivity contribution in [2.75, 3.05) is 11.9 Å². The maximum atomic E-state index is 12.2. The molecule has 0 spiro atoms. The molecule has 0 aromatic carbocycles. The molecule has 3 unspecified atom stereocenters. The molecule has 0 radical (unpaired) electrons. The largest absolute Gasteiger partial charge is 0.444 e. The summed E-state index contributed by atoms with van der Waals surface area (Å²) in [5.74, 6) is 1.28. The number of hydrogen-bond acceptors (Lipinski definition) is 2. The van der Waals surface area contributed by atoms with Gasteiger partial charge in [0.05, 0.1) is 0 Å². The van der Waals surface area contributed by atoms with E-state index >= 15 is 0 Å². The number of fused-ring (bicyclic) bond motifs is 3. The van der Waals surface area contributed by atoms with Gasteiger partial charge in [-0.3, -0.25) is 0 Å². The number of carbonyl (C=O) groups is 1. The molecule has 0 aromatic rings. The van der Waals surface area contributed by atoms with Crippen LogP contribution in [0.15, 0.2) is 0 Å². The molecule has 98 valence electrons. The van der Waals surface area contributed by atoms with E-state index in [9.17, 15) is 4.79 Å². The van der Waals surface area contributed by atoms with Crippen molar-refractivity contribution in [1.29, 1.82) is 0 Å². The second-order valence-corrected chi connectivity index (χ2v) is 6.94. The highest BCUT2D eigenvalue weighted by atomic mass is 79.9. The summed E-state index contributed by atoms with van der Waals surface area (Å²) < 4.78 is 5.49. The fraction of sp³-hybridized carbons (Fsp3) is 0.923. The highest BCUT2D eigenvalue weighted by Crippen LogP contribution is 2.40. The molecule has 1 amide bonds. The topological polar surface area (TPSA) is 29.5 Å². The Labute approximate surface area is 112 Å². The number of carbonyl (C=O) groups excluding carboxylic acids is 1. The first-order chi connectivity index (χ1) is 7.90. The smallest absolute Gasteiger partial charge is 0.410 e. The average molecular weight is 304 g/mol. The second kappa shape index (κ2) is 4.79. The number of amides is 1. The molecule has 3 rings (SSSR count). The van der Waals surface area contributed by atoms with Gasteiger partial charge >= 0.3 is 6.09 Å². The van der Waals surface area contributed by atoms with Gasteiger partial charge in [0.1, 0.15) is 5.60 Å². The monoisotopic (exact) mass is 303 g/mol. The van der Waals surface area contributed by atoms with E-state index in [2.05, 4.69) is 15.9 Å². The first-order valence-corrected chi connectivity index (χ1v) is 7.58. The van der Waals surface area contributed by atoms with Crippen molar-refractivity contribution < 1.29 is 9.53 Å². The van der Waals surface area contributed by atoms with Crippen LogP contribution in [0.1, 0.15) is 40.0 Å². The molecule has 3 nitrogen and oxygen atoms in total. The van der Waals surface area contributed by atoms with Crippen LogP contribution in [0.4, 0.5) is 4.79 Å². The lowest BCUT2D eigenvalue weighted by molar-refractivity contribution is -0.0274. The van der Waals surface area contributed by atoms with Gasteiger partial charge in [-0.15, -0.1) is 0 Å². The van der Waals surface area contributed by atoms with Crippen molar-refractivity contribution in [3.8, 4) is 0 Å². The lowest BCUT2D eigenvalue weighted by Gasteiger charge is -2.49. The molecule has 4 heteroatoms. The summed E-state index contributed by atoms with van der Waals surface area (Å²) in [7, 11) is 0. The van der Waals surface area contributed by atoms with Crippen LogP contribution < -0.4 is 0 Å². The van der Waals surface area contributed by atoms with Crippen LogP contribution in [-0.4, -0.2) is 34.5 Å². The van der Waals surface area contributed by atoms with Crippen LogP contribution in [0.25, 0.3) is 0 Å². The minimum atomic E-state index is -0.391. The van der Waals surface area contributed by atoms with E-state index in [-0.39, 0.29) is 6.09 Å². The van der Waals surface area contributed by atoms with Gasteiger partial charge in [-0.05, 0) is 51.9 Å². The first-order valence-electron chi connectivity index (χ1n) is 6.46. The van der Waals surface area contributed by atoms with Crippen molar-refractivity contribution in [1.82, 2.24) is 4.90 Å². The number of nitrogens with zero attached hydrogens (tertiary/aromatic N) is 1. The molecule has 2 aliphatic heterocycles. The zero-order chi connectivity index (χ0) is 12.6. The van der Waals surface area contributed by atoms with Crippen LogP contribution in [0.5, 0.6) is 0 Å². The van der Waals surface area contributed by atoms with Gasteiger partial charge in [-0.1, -0.05) is 15.9 Å². The second-order valence-electron chi connectivity index (χ2n) is 6.29. The molecule has 3 atom stereocenters. The predicted octanol–water partition coefficient (Wildman–Crippen LogP) is 3.42. The lowest BCUT2D eigenvalue weighted by atomic mass is 9.74. The summed E-state index contributed by atoms with van der Waals surface area (Å²) in [6.45, 7) is 6.67. The van der Waals surface area contributed by atoms with E-state index in [0.717, 1.165) is 18.3 Å². The van der Waals surface area contributed by atoms with E-state index in [0.29, 0.717) is 17.9 Å². The van der Waals surface area contributed by atoms with E-state index in [1.807, 2.05) is 25.7 Å². The highest BCUT2D eigenvalue weighted by Gasteiger charge is 2.43. The molecule has 1 saturated carbocycles. The van der Waals surface area contributed by atoms with E-state index in [4.69, 9.17) is 4.74 Å². The van der Waals surface area contributed by atoms with E-state index < -0.39 is 5.60 Å². The van der Waals surface area contributed by atoms with Crippen LogP contribution in [0.2, 0.25) is 0 Å². The number of halogens is 1. The third-order valence-electron chi connectivity index (χ3n) is 3.73. The highest BCUT2D eigenvalue weighted by molar-refractivity contribution is 9.09. The molecular weight excluding hydrogens is 282 g/mol. The quantitative estimate of drug-likeness (QED) is 0.695. The van der Waals surface area contributed by atoms with Crippen molar-refractivity contribution in [3.05, 3.63) is 0 Å². The summed E-state index contributed by atoms with van der Waals surface area (Å²) >= 11 is 3.57. The molecule has 17 heavy (non-hydrogen) atoms. The van der Waals surface area contributed by atoms with Gasteiger partial charge in [0.2, 0.25) is 0 Å². The molecule has 0 N–H and O–H groups in total. The zero-order valence-corrected chi connectivity index (χ0v) is 12.5. The molecule has 2 bridgehead atoms. The van der Waals surface area contributed by atoms with Gasteiger partial charge < -0.3 is 9.64 Å². The van der Waals surface area contributed by atoms with Crippen molar-refractivity contribution in [2.45, 2.75) is 51.7 Å². The number of alkyl halides is 1. The normalized spacial score (nSPS) is 32.7. The van der Waals surface area contributed by atoms with Gasteiger partial charge in [-0.2, -0.15) is 0 Å². The molecule has 0 aromatic heterocycles. The van der Waals surface area contributed by atoms with Crippen LogP contribution >= 0.6 is 15.9 Å². The van der Waals surface area contributed by atoms with E-state index in [1.165, 1.54) is 12.8 Å². The van der Waals surface area contributed by atoms with Gasteiger partial charge in [0.25, 0.3) is 0 Å². The Balaban J connectivity index is 2.04. The fourth-order valence-electron chi connectivity index (χ4n) is 3.03. The maximum absolute atomic E-state index is 12.2. The van der Waals surface area contributed by atoms with Crippen LogP contribution in [0, 0.1) is 11.8 Å².